The highest BCUT2D eigenvalue weighted by Gasteiger charge is 2.37. The molecule has 0 fully saturated rings. The summed E-state index contributed by atoms with van der Waals surface area (Å²) in [6.45, 7) is 4.79. The Bertz CT molecular complexity index is 701. The molecule has 1 aromatic carbocycles. The van der Waals surface area contributed by atoms with Crippen molar-refractivity contribution in [3.8, 4) is 5.75 Å². The first-order valence-corrected chi connectivity index (χ1v) is 9.15. The monoisotopic (exact) mass is 376 g/mol. The zero-order valence-electron chi connectivity index (χ0n) is 15.9. The lowest BCUT2D eigenvalue weighted by Crippen LogP contribution is -2.36. The normalized spacial score (nSPS) is 15.7. The largest absolute Gasteiger partial charge is 0.535 e. The molecular formula is C19H25BO7. The van der Waals surface area contributed by atoms with E-state index in [2.05, 4.69) is 0 Å². The van der Waals surface area contributed by atoms with E-state index in [0.29, 0.717) is 12.8 Å². The van der Waals surface area contributed by atoms with E-state index in [1.54, 1.807) is 26.0 Å². The van der Waals surface area contributed by atoms with Crippen LogP contribution in [0.1, 0.15) is 56.0 Å². The van der Waals surface area contributed by atoms with Crippen LogP contribution in [0.2, 0.25) is 5.82 Å². The average molecular weight is 376 g/mol. The van der Waals surface area contributed by atoms with E-state index in [1.807, 2.05) is 6.92 Å². The van der Waals surface area contributed by atoms with Gasteiger partial charge in [-0.3, -0.25) is 9.59 Å². The lowest BCUT2D eigenvalue weighted by molar-refractivity contribution is -0.155. The molecule has 1 aliphatic heterocycles. The van der Waals surface area contributed by atoms with Crippen molar-refractivity contribution in [3.05, 3.63) is 29.3 Å². The van der Waals surface area contributed by atoms with Gasteiger partial charge in [0.05, 0.1) is 5.92 Å². The van der Waals surface area contributed by atoms with Crippen LogP contribution in [0.15, 0.2) is 18.2 Å². The second-order valence-electron chi connectivity index (χ2n) is 6.93. The van der Waals surface area contributed by atoms with Gasteiger partial charge >= 0.3 is 19.1 Å². The molecule has 27 heavy (non-hydrogen) atoms. The number of rotatable bonds is 8. The molecule has 146 valence electrons. The maximum atomic E-state index is 12.3. The molecule has 0 saturated carbocycles. The van der Waals surface area contributed by atoms with Gasteiger partial charge in [0.1, 0.15) is 17.1 Å². The van der Waals surface area contributed by atoms with E-state index < -0.39 is 25.8 Å². The molecule has 0 radical (unpaired) electrons. The number of benzene rings is 1. The van der Waals surface area contributed by atoms with Gasteiger partial charge in [-0.1, -0.05) is 32.9 Å². The third-order valence-corrected chi connectivity index (χ3v) is 4.32. The number of carbonyl (C=O) groups excluding carboxylic acids is 3. The van der Waals surface area contributed by atoms with Gasteiger partial charge in [0.25, 0.3) is 0 Å². The van der Waals surface area contributed by atoms with Crippen LogP contribution in [0.25, 0.3) is 0 Å². The maximum Gasteiger partial charge on any atom is 0.526 e. The molecule has 0 amide bonds. The lowest BCUT2D eigenvalue weighted by atomic mass is 9.64. The average Bonchev–Trinajstić information content (AvgIpc) is 2.61. The van der Waals surface area contributed by atoms with Gasteiger partial charge in [-0.05, 0) is 24.5 Å². The van der Waals surface area contributed by atoms with Gasteiger partial charge in [-0.25, -0.2) is 4.79 Å². The number of fused-ring (bicyclic) bond motifs is 1. The van der Waals surface area contributed by atoms with Crippen LogP contribution >= 0.6 is 0 Å². The Labute approximate surface area is 159 Å². The van der Waals surface area contributed by atoms with E-state index in [9.17, 15) is 19.4 Å². The van der Waals surface area contributed by atoms with E-state index in [0.717, 1.165) is 12.0 Å². The fourth-order valence-electron chi connectivity index (χ4n) is 2.88. The van der Waals surface area contributed by atoms with Gasteiger partial charge in [-0.2, -0.15) is 0 Å². The quantitative estimate of drug-likeness (QED) is 0.423. The number of para-hydroxylation sites is 1. The first-order chi connectivity index (χ1) is 12.8. The van der Waals surface area contributed by atoms with E-state index in [4.69, 9.17) is 14.1 Å². The molecule has 1 aromatic rings. The summed E-state index contributed by atoms with van der Waals surface area (Å²) in [4.78, 5) is 35.6. The molecular weight excluding hydrogens is 351 g/mol. The first kappa shape index (κ1) is 21.0. The highest BCUT2D eigenvalue weighted by molar-refractivity contribution is 6.47. The summed E-state index contributed by atoms with van der Waals surface area (Å²) in [5.74, 6) is -1.53. The Morgan fingerprint density at radius 1 is 1.30 bits per heavy atom. The summed E-state index contributed by atoms with van der Waals surface area (Å²) in [7, 11) is -1.17. The first-order valence-electron chi connectivity index (χ1n) is 9.15. The summed E-state index contributed by atoms with van der Waals surface area (Å²) in [5.41, 5.74) is 0.869. The number of ketones is 1. The highest BCUT2D eigenvalue weighted by Crippen LogP contribution is 2.36. The van der Waals surface area contributed by atoms with Crippen LogP contribution < -0.4 is 4.65 Å². The summed E-state index contributed by atoms with van der Waals surface area (Å²) in [6, 6.07) is 4.98. The fraction of sp³-hybridized carbons (Fsp3) is 0.526. The maximum absolute atomic E-state index is 12.3. The predicted octanol–water partition coefficient (Wildman–Crippen LogP) is 2.55. The van der Waals surface area contributed by atoms with Crippen molar-refractivity contribution in [3.63, 3.8) is 0 Å². The van der Waals surface area contributed by atoms with Crippen molar-refractivity contribution >= 4 is 24.8 Å². The summed E-state index contributed by atoms with van der Waals surface area (Å²) in [6.07, 6.45) is 1.89. The van der Waals surface area contributed by atoms with Crippen molar-refractivity contribution in [1.29, 1.82) is 0 Å². The number of carbonyl (C=O) groups is 3. The zero-order chi connectivity index (χ0) is 20.0. The number of ether oxygens (including phenoxy) is 2. The zero-order valence-corrected chi connectivity index (χ0v) is 15.9. The molecule has 0 bridgehead atoms. The topological polar surface area (TPSA) is 99.1 Å². The smallest absolute Gasteiger partial charge is 0.526 e. The predicted molar refractivity (Wildman–Crippen MR) is 98.2 cm³/mol. The minimum absolute atomic E-state index is 0.0798. The number of Topliss-reactive ketones (excluding diaryl/α,β-unsaturated/α-hetero) is 1. The summed E-state index contributed by atoms with van der Waals surface area (Å²) in [5, 5.41) is 10.3. The molecule has 0 unspecified atom stereocenters. The van der Waals surface area contributed by atoms with E-state index in [-0.39, 0.29) is 35.3 Å². The van der Waals surface area contributed by atoms with Crippen LogP contribution in [0.3, 0.4) is 0 Å². The Kier molecular flexibility index (Phi) is 7.41. The van der Waals surface area contributed by atoms with Crippen LogP contribution in [-0.2, 0) is 25.5 Å². The molecule has 1 atom stereocenters. The number of hydrogen-bond acceptors (Lipinski definition) is 7. The number of hydrogen-bond donors (Lipinski definition) is 1. The van der Waals surface area contributed by atoms with Crippen molar-refractivity contribution in [1.82, 2.24) is 0 Å². The molecule has 0 spiro atoms. The highest BCUT2D eigenvalue weighted by atomic mass is 16.7. The van der Waals surface area contributed by atoms with Crippen molar-refractivity contribution < 1.29 is 33.5 Å². The van der Waals surface area contributed by atoms with Crippen LogP contribution in [0, 0.1) is 5.92 Å². The third-order valence-electron chi connectivity index (χ3n) is 4.32. The minimum Gasteiger partial charge on any atom is -0.535 e. The Balaban J connectivity index is 2.05. The van der Waals surface area contributed by atoms with Crippen molar-refractivity contribution in [2.45, 2.75) is 52.3 Å². The SMILES string of the molecule is CCCC(=O)C[C@H]1Cc2cccc(C(=O)OCOC(=O)C(C)C)c2OB1O. The molecule has 0 aliphatic carbocycles. The molecule has 0 aromatic heterocycles. The molecule has 2 rings (SSSR count). The Morgan fingerprint density at radius 2 is 2.04 bits per heavy atom. The minimum atomic E-state index is -1.17. The Morgan fingerprint density at radius 3 is 2.70 bits per heavy atom. The van der Waals surface area contributed by atoms with Crippen LogP contribution in [0.4, 0.5) is 0 Å². The molecule has 0 saturated heterocycles. The van der Waals surface area contributed by atoms with Gasteiger partial charge in [0, 0.05) is 18.7 Å². The fourth-order valence-corrected chi connectivity index (χ4v) is 2.88. The van der Waals surface area contributed by atoms with Crippen LogP contribution in [-0.4, -0.2) is 36.7 Å². The van der Waals surface area contributed by atoms with Gasteiger partial charge in [0.15, 0.2) is 0 Å². The summed E-state index contributed by atoms with van der Waals surface area (Å²) >= 11 is 0. The van der Waals surface area contributed by atoms with Crippen molar-refractivity contribution in [2.75, 3.05) is 6.79 Å². The molecule has 1 aliphatic rings. The number of esters is 2. The Hall–Kier alpha value is -2.35. The van der Waals surface area contributed by atoms with Crippen molar-refractivity contribution in [2.24, 2.45) is 5.92 Å². The second kappa shape index (κ2) is 9.55. The van der Waals surface area contributed by atoms with Gasteiger partial charge in [-0.15, -0.1) is 0 Å². The van der Waals surface area contributed by atoms with Gasteiger partial charge < -0.3 is 19.2 Å². The van der Waals surface area contributed by atoms with Gasteiger partial charge in [0.2, 0.25) is 6.79 Å². The lowest BCUT2D eigenvalue weighted by Gasteiger charge is -2.28. The second-order valence-corrected chi connectivity index (χ2v) is 6.93. The van der Waals surface area contributed by atoms with E-state index in [1.165, 1.54) is 6.07 Å². The van der Waals surface area contributed by atoms with Crippen LogP contribution in [0.5, 0.6) is 5.75 Å². The molecule has 1 heterocycles. The molecule has 1 N–H and O–H groups in total. The summed E-state index contributed by atoms with van der Waals surface area (Å²) < 4.78 is 15.3. The standard InChI is InChI=1S/C19H25BO7/c1-4-6-15(21)10-14-9-13-7-5-8-16(17(13)27-20(14)24)19(23)26-11-25-18(22)12(2)3/h5,7-8,12,14,24H,4,6,9-11H2,1-3H3/t14-/m1/s1. The third kappa shape index (κ3) is 5.56. The molecule has 8 heteroatoms. The molecule has 7 nitrogen and oxygen atoms in total. The van der Waals surface area contributed by atoms with E-state index >= 15 is 0 Å².